The van der Waals surface area contributed by atoms with Crippen molar-refractivity contribution in [1.29, 1.82) is 0 Å². The lowest BCUT2D eigenvalue weighted by atomic mass is 10.0. The molecule has 0 radical (unpaired) electrons. The molecule has 3 aromatic rings. The standard InChI is InChI=1S/C27H25Cl2N3O4/c1-36-31-21-14-24(26(34)30-15-25(33)18-5-3-2-4-6-18)32(16-21)27(35)19-9-7-17(8-10-19)20-11-12-22(28)23(29)13-20/h2-13,24-25,33H,14-16H2,1H3,(H,30,34)/b31-21+/t24-,25?/m0/s1. The molecule has 2 N–H and O–H groups in total. The first kappa shape index (κ1) is 25.7. The molecule has 7 nitrogen and oxygen atoms in total. The molecule has 36 heavy (non-hydrogen) atoms. The molecule has 0 bridgehead atoms. The summed E-state index contributed by atoms with van der Waals surface area (Å²) in [4.78, 5) is 32.8. The highest BCUT2D eigenvalue weighted by atomic mass is 35.5. The van der Waals surface area contributed by atoms with Crippen molar-refractivity contribution in [3.63, 3.8) is 0 Å². The van der Waals surface area contributed by atoms with Gasteiger partial charge in [-0.05, 0) is 41.0 Å². The van der Waals surface area contributed by atoms with E-state index in [1.165, 1.54) is 12.0 Å². The monoisotopic (exact) mass is 525 g/mol. The minimum atomic E-state index is -0.860. The predicted molar refractivity (Wildman–Crippen MR) is 140 cm³/mol. The minimum absolute atomic E-state index is 0.0243. The number of likely N-dealkylation sites (tertiary alicyclic amines) is 1. The van der Waals surface area contributed by atoms with Crippen LogP contribution in [0.2, 0.25) is 10.0 Å². The number of rotatable bonds is 7. The highest BCUT2D eigenvalue weighted by Gasteiger charge is 2.38. The summed E-state index contributed by atoms with van der Waals surface area (Å²) in [6, 6.07) is 20.7. The van der Waals surface area contributed by atoms with E-state index in [1.807, 2.05) is 36.4 Å². The van der Waals surface area contributed by atoms with Crippen LogP contribution in [0.1, 0.15) is 28.4 Å². The summed E-state index contributed by atoms with van der Waals surface area (Å²) >= 11 is 12.1. The molecule has 4 rings (SSSR count). The van der Waals surface area contributed by atoms with E-state index in [-0.39, 0.29) is 31.3 Å². The van der Waals surface area contributed by atoms with Crippen molar-refractivity contribution in [2.45, 2.75) is 18.6 Å². The number of nitrogens with one attached hydrogen (secondary N) is 1. The molecule has 0 saturated carbocycles. The maximum atomic E-state index is 13.4. The van der Waals surface area contributed by atoms with Gasteiger partial charge in [-0.1, -0.05) is 76.9 Å². The van der Waals surface area contributed by atoms with Crippen LogP contribution < -0.4 is 5.32 Å². The Morgan fingerprint density at radius 2 is 1.75 bits per heavy atom. The van der Waals surface area contributed by atoms with Crippen LogP contribution in [-0.4, -0.2) is 53.8 Å². The average molecular weight is 526 g/mol. The topological polar surface area (TPSA) is 91.2 Å². The Bertz CT molecular complexity index is 1270. The van der Waals surface area contributed by atoms with E-state index in [0.29, 0.717) is 26.9 Å². The maximum absolute atomic E-state index is 13.4. The molecular formula is C27H25Cl2N3O4. The zero-order valence-corrected chi connectivity index (χ0v) is 21.0. The van der Waals surface area contributed by atoms with Gasteiger partial charge in [-0.15, -0.1) is 0 Å². The Balaban J connectivity index is 1.48. The molecular weight excluding hydrogens is 501 g/mol. The average Bonchev–Trinajstić information content (AvgIpc) is 3.33. The van der Waals surface area contributed by atoms with E-state index in [4.69, 9.17) is 28.0 Å². The van der Waals surface area contributed by atoms with Gasteiger partial charge in [0.1, 0.15) is 13.2 Å². The Hall–Kier alpha value is -3.39. The summed E-state index contributed by atoms with van der Waals surface area (Å²) in [6.07, 6.45) is -0.615. The fraction of sp³-hybridized carbons (Fsp3) is 0.222. The molecule has 2 amide bonds. The summed E-state index contributed by atoms with van der Waals surface area (Å²) in [5.41, 5.74) is 3.45. The van der Waals surface area contributed by atoms with Gasteiger partial charge in [-0.2, -0.15) is 0 Å². The zero-order valence-electron chi connectivity index (χ0n) is 19.5. The number of nitrogens with zero attached hydrogens (tertiary/aromatic N) is 2. The number of hydrogen-bond acceptors (Lipinski definition) is 5. The number of oxime groups is 1. The third-order valence-electron chi connectivity index (χ3n) is 5.98. The number of halogens is 2. The van der Waals surface area contributed by atoms with Gasteiger partial charge in [0.25, 0.3) is 5.91 Å². The van der Waals surface area contributed by atoms with E-state index < -0.39 is 12.1 Å². The summed E-state index contributed by atoms with van der Waals surface area (Å²) in [5.74, 6) is -0.673. The molecule has 1 aliphatic rings. The number of carbonyl (C=O) groups excluding carboxylic acids is 2. The number of amides is 2. The van der Waals surface area contributed by atoms with Gasteiger partial charge in [-0.3, -0.25) is 9.59 Å². The molecule has 1 heterocycles. The molecule has 0 aliphatic carbocycles. The third kappa shape index (κ3) is 5.87. The number of aliphatic hydroxyl groups excluding tert-OH is 1. The van der Waals surface area contributed by atoms with Crippen molar-refractivity contribution in [3.8, 4) is 11.1 Å². The van der Waals surface area contributed by atoms with Crippen LogP contribution in [0.5, 0.6) is 0 Å². The second kappa shape index (κ2) is 11.6. The second-order valence-electron chi connectivity index (χ2n) is 8.37. The van der Waals surface area contributed by atoms with Gasteiger partial charge >= 0.3 is 0 Å². The van der Waals surface area contributed by atoms with Crippen molar-refractivity contribution >= 4 is 40.7 Å². The van der Waals surface area contributed by atoms with Gasteiger partial charge in [0.05, 0.1) is 28.4 Å². The number of aliphatic hydroxyl groups is 1. The van der Waals surface area contributed by atoms with Crippen LogP contribution in [0.15, 0.2) is 78.0 Å². The summed E-state index contributed by atoms with van der Waals surface area (Å²) in [5, 5.41) is 18.0. The Labute approximate surface area is 219 Å². The zero-order chi connectivity index (χ0) is 25.7. The molecule has 0 aromatic heterocycles. The summed E-state index contributed by atoms with van der Waals surface area (Å²) in [7, 11) is 1.42. The van der Waals surface area contributed by atoms with E-state index in [0.717, 1.165) is 11.1 Å². The van der Waals surface area contributed by atoms with Crippen LogP contribution in [0.25, 0.3) is 11.1 Å². The lowest BCUT2D eigenvalue weighted by Crippen LogP contribution is -2.46. The first-order valence-corrected chi connectivity index (χ1v) is 12.1. The molecule has 9 heteroatoms. The Kier molecular flexibility index (Phi) is 8.25. The third-order valence-corrected chi connectivity index (χ3v) is 6.72. The number of hydrogen-bond donors (Lipinski definition) is 2. The van der Waals surface area contributed by atoms with Gasteiger partial charge in [0.2, 0.25) is 5.91 Å². The Morgan fingerprint density at radius 3 is 2.42 bits per heavy atom. The maximum Gasteiger partial charge on any atom is 0.254 e. The quantitative estimate of drug-likeness (QED) is 0.436. The molecule has 186 valence electrons. The first-order chi connectivity index (χ1) is 17.4. The predicted octanol–water partition coefficient (Wildman–Crippen LogP) is 4.73. The molecule has 1 unspecified atom stereocenters. The van der Waals surface area contributed by atoms with Gasteiger partial charge in [-0.25, -0.2) is 0 Å². The largest absolute Gasteiger partial charge is 0.399 e. The smallest absolute Gasteiger partial charge is 0.254 e. The van der Waals surface area contributed by atoms with E-state index in [1.54, 1.807) is 36.4 Å². The van der Waals surface area contributed by atoms with Crippen LogP contribution in [0, 0.1) is 0 Å². The van der Waals surface area contributed by atoms with Gasteiger partial charge in [0.15, 0.2) is 0 Å². The summed E-state index contributed by atoms with van der Waals surface area (Å²) < 4.78 is 0. The highest BCUT2D eigenvalue weighted by molar-refractivity contribution is 6.42. The lowest BCUT2D eigenvalue weighted by Gasteiger charge is -2.24. The molecule has 1 fully saturated rings. The summed E-state index contributed by atoms with van der Waals surface area (Å²) in [6.45, 7) is 0.191. The highest BCUT2D eigenvalue weighted by Crippen LogP contribution is 2.29. The van der Waals surface area contributed by atoms with Crippen LogP contribution in [0.3, 0.4) is 0 Å². The first-order valence-electron chi connectivity index (χ1n) is 11.3. The van der Waals surface area contributed by atoms with Crippen LogP contribution in [0.4, 0.5) is 0 Å². The van der Waals surface area contributed by atoms with Crippen LogP contribution in [-0.2, 0) is 9.63 Å². The van der Waals surface area contributed by atoms with Crippen molar-refractivity contribution < 1.29 is 19.5 Å². The van der Waals surface area contributed by atoms with Gasteiger partial charge < -0.3 is 20.2 Å². The molecule has 1 saturated heterocycles. The minimum Gasteiger partial charge on any atom is -0.399 e. The van der Waals surface area contributed by atoms with Crippen molar-refractivity contribution in [2.75, 3.05) is 20.2 Å². The SMILES string of the molecule is CO/N=C1\C[C@@H](C(=O)NCC(O)c2ccccc2)N(C(=O)c2ccc(-c3ccc(Cl)c(Cl)c3)cc2)C1. The fourth-order valence-electron chi connectivity index (χ4n) is 4.10. The van der Waals surface area contributed by atoms with E-state index >= 15 is 0 Å². The van der Waals surface area contributed by atoms with Crippen LogP contribution >= 0.6 is 23.2 Å². The fourth-order valence-corrected chi connectivity index (χ4v) is 4.40. The van der Waals surface area contributed by atoms with E-state index in [2.05, 4.69) is 10.5 Å². The molecule has 3 aromatic carbocycles. The molecule has 0 spiro atoms. The molecule has 2 atom stereocenters. The molecule has 1 aliphatic heterocycles. The van der Waals surface area contributed by atoms with Crippen molar-refractivity contribution in [1.82, 2.24) is 10.2 Å². The normalized spacial score (nSPS) is 17.2. The number of carbonyl (C=O) groups is 2. The van der Waals surface area contributed by atoms with Crippen molar-refractivity contribution in [2.24, 2.45) is 5.16 Å². The second-order valence-corrected chi connectivity index (χ2v) is 9.19. The Morgan fingerprint density at radius 1 is 1.06 bits per heavy atom. The lowest BCUT2D eigenvalue weighted by molar-refractivity contribution is -0.125. The van der Waals surface area contributed by atoms with Gasteiger partial charge in [0, 0.05) is 18.5 Å². The number of benzene rings is 3. The van der Waals surface area contributed by atoms with Crippen molar-refractivity contribution in [3.05, 3.63) is 94.0 Å². The van der Waals surface area contributed by atoms with E-state index in [9.17, 15) is 14.7 Å².